The summed E-state index contributed by atoms with van der Waals surface area (Å²) in [4.78, 5) is 0.987. The lowest BCUT2D eigenvalue weighted by atomic mass is 10.4. The molecule has 5 heteroatoms. The Hall–Kier alpha value is 0.0700. The summed E-state index contributed by atoms with van der Waals surface area (Å²) in [6.07, 6.45) is 0. The van der Waals surface area contributed by atoms with Gasteiger partial charge in [0.25, 0.3) is 0 Å². The van der Waals surface area contributed by atoms with Gasteiger partial charge in [-0.3, -0.25) is 0 Å². The molecule has 1 rings (SSSR count). The minimum absolute atomic E-state index is 0.558. The lowest BCUT2D eigenvalue weighted by Gasteiger charge is -2.05. The Bertz CT molecular complexity index is 309. The van der Waals surface area contributed by atoms with Crippen LogP contribution in [0, 0.1) is 0 Å². The number of rotatable bonds is 6. The second kappa shape index (κ2) is 7.36. The Kier molecular flexibility index (Phi) is 6.45. The van der Waals surface area contributed by atoms with Crippen molar-refractivity contribution in [2.75, 3.05) is 25.5 Å². The first kappa shape index (κ1) is 13.1. The maximum atomic E-state index is 6.00. The Labute approximate surface area is 104 Å². The summed E-state index contributed by atoms with van der Waals surface area (Å²) in [6.45, 7) is 1.83. The minimum atomic E-state index is 0.558. The monoisotopic (exact) mass is 265 g/mol. The van der Waals surface area contributed by atoms with Crippen molar-refractivity contribution < 1.29 is 4.74 Å². The highest BCUT2D eigenvalue weighted by Gasteiger charge is 2.01. The molecule has 0 saturated carbocycles. The van der Waals surface area contributed by atoms with Crippen molar-refractivity contribution in [3.05, 3.63) is 28.2 Å². The molecule has 0 radical (unpaired) electrons. The van der Waals surface area contributed by atoms with Crippen molar-refractivity contribution in [2.45, 2.75) is 4.90 Å². The summed E-state index contributed by atoms with van der Waals surface area (Å²) in [5.41, 5.74) is 5.30. The van der Waals surface area contributed by atoms with Gasteiger partial charge in [0.15, 0.2) is 0 Å². The first-order valence-corrected chi connectivity index (χ1v) is 6.34. The standard InChI is InChI=1S/C10H13Cl2NOS/c11-8-1-2-9(12)10(7-8)15-6-5-14-4-3-13/h1-2,7H,3-6,13H2. The van der Waals surface area contributed by atoms with E-state index in [0.717, 1.165) is 15.7 Å². The predicted molar refractivity (Wildman–Crippen MR) is 67.1 cm³/mol. The van der Waals surface area contributed by atoms with Crippen LogP contribution in [0.15, 0.2) is 23.1 Å². The molecule has 0 aromatic heterocycles. The summed E-state index contributed by atoms with van der Waals surface area (Å²) >= 11 is 13.5. The summed E-state index contributed by atoms with van der Waals surface area (Å²) < 4.78 is 5.25. The van der Waals surface area contributed by atoms with Gasteiger partial charge in [0.05, 0.1) is 18.2 Å². The Balaban J connectivity index is 2.33. The fraction of sp³-hybridized carbons (Fsp3) is 0.400. The lowest BCUT2D eigenvalue weighted by molar-refractivity contribution is 0.158. The van der Waals surface area contributed by atoms with Crippen LogP contribution in [0.2, 0.25) is 10.0 Å². The topological polar surface area (TPSA) is 35.2 Å². The summed E-state index contributed by atoms with van der Waals surface area (Å²) in [5.74, 6) is 0.847. The lowest BCUT2D eigenvalue weighted by Crippen LogP contribution is -2.09. The van der Waals surface area contributed by atoms with Gasteiger partial charge in [0.2, 0.25) is 0 Å². The first-order valence-electron chi connectivity index (χ1n) is 4.59. The van der Waals surface area contributed by atoms with Gasteiger partial charge in [-0.1, -0.05) is 23.2 Å². The van der Waals surface area contributed by atoms with E-state index in [9.17, 15) is 0 Å². The molecule has 15 heavy (non-hydrogen) atoms. The van der Waals surface area contributed by atoms with E-state index in [0.29, 0.717) is 24.8 Å². The quantitative estimate of drug-likeness (QED) is 0.635. The van der Waals surface area contributed by atoms with E-state index in [1.165, 1.54) is 0 Å². The second-order valence-electron chi connectivity index (χ2n) is 2.82. The van der Waals surface area contributed by atoms with Gasteiger partial charge in [0.1, 0.15) is 0 Å². The van der Waals surface area contributed by atoms with Gasteiger partial charge in [-0.05, 0) is 18.2 Å². The van der Waals surface area contributed by atoms with Crippen LogP contribution in [-0.2, 0) is 4.74 Å². The van der Waals surface area contributed by atoms with E-state index < -0.39 is 0 Å². The molecule has 0 aliphatic heterocycles. The Morgan fingerprint density at radius 3 is 2.80 bits per heavy atom. The van der Waals surface area contributed by atoms with Gasteiger partial charge in [0, 0.05) is 22.2 Å². The third kappa shape index (κ3) is 5.09. The predicted octanol–water partition coefficient (Wildman–Crippen LogP) is 3.06. The molecule has 1 aromatic carbocycles. The fourth-order valence-electron chi connectivity index (χ4n) is 0.984. The van der Waals surface area contributed by atoms with E-state index in [4.69, 9.17) is 33.7 Å². The van der Waals surface area contributed by atoms with Crippen LogP contribution >= 0.6 is 35.0 Å². The normalized spacial score (nSPS) is 10.6. The van der Waals surface area contributed by atoms with Crippen molar-refractivity contribution in [1.29, 1.82) is 0 Å². The highest BCUT2D eigenvalue weighted by Crippen LogP contribution is 2.29. The van der Waals surface area contributed by atoms with Gasteiger partial charge in [-0.2, -0.15) is 0 Å². The van der Waals surface area contributed by atoms with Crippen LogP contribution in [0.3, 0.4) is 0 Å². The molecule has 0 bridgehead atoms. The van der Waals surface area contributed by atoms with E-state index in [1.807, 2.05) is 6.07 Å². The van der Waals surface area contributed by atoms with E-state index >= 15 is 0 Å². The van der Waals surface area contributed by atoms with E-state index in [1.54, 1.807) is 23.9 Å². The second-order valence-corrected chi connectivity index (χ2v) is 4.80. The van der Waals surface area contributed by atoms with Gasteiger partial charge >= 0.3 is 0 Å². The molecule has 2 nitrogen and oxygen atoms in total. The number of benzene rings is 1. The maximum absolute atomic E-state index is 6.00. The molecule has 2 N–H and O–H groups in total. The van der Waals surface area contributed by atoms with Crippen LogP contribution in [0.4, 0.5) is 0 Å². The van der Waals surface area contributed by atoms with E-state index in [-0.39, 0.29) is 0 Å². The highest BCUT2D eigenvalue weighted by molar-refractivity contribution is 7.99. The summed E-state index contributed by atoms with van der Waals surface area (Å²) in [7, 11) is 0. The average Bonchev–Trinajstić information content (AvgIpc) is 2.23. The SMILES string of the molecule is NCCOCCSc1cc(Cl)ccc1Cl. The zero-order chi connectivity index (χ0) is 11.1. The number of ether oxygens (including phenoxy) is 1. The van der Waals surface area contributed by atoms with Gasteiger partial charge in [-0.25, -0.2) is 0 Å². The van der Waals surface area contributed by atoms with Crippen LogP contribution < -0.4 is 5.73 Å². The molecule has 0 amide bonds. The number of nitrogens with two attached hydrogens (primary N) is 1. The molecule has 0 fully saturated rings. The van der Waals surface area contributed by atoms with Crippen molar-refractivity contribution in [2.24, 2.45) is 5.73 Å². The molecular weight excluding hydrogens is 253 g/mol. The van der Waals surface area contributed by atoms with Crippen LogP contribution in [0.1, 0.15) is 0 Å². The van der Waals surface area contributed by atoms with E-state index in [2.05, 4.69) is 0 Å². The largest absolute Gasteiger partial charge is 0.379 e. The zero-order valence-corrected chi connectivity index (χ0v) is 10.5. The Morgan fingerprint density at radius 2 is 2.07 bits per heavy atom. The van der Waals surface area contributed by atoms with Crippen LogP contribution in [0.5, 0.6) is 0 Å². The highest BCUT2D eigenvalue weighted by atomic mass is 35.5. The summed E-state index contributed by atoms with van der Waals surface area (Å²) in [5, 5.41) is 1.42. The van der Waals surface area contributed by atoms with Crippen molar-refractivity contribution >= 4 is 35.0 Å². The number of hydrogen-bond donors (Lipinski definition) is 1. The summed E-state index contributed by atoms with van der Waals surface area (Å²) in [6, 6.07) is 5.43. The molecule has 0 saturated heterocycles. The smallest absolute Gasteiger partial charge is 0.0589 e. The molecule has 1 aromatic rings. The number of halogens is 2. The van der Waals surface area contributed by atoms with Crippen LogP contribution in [-0.4, -0.2) is 25.5 Å². The van der Waals surface area contributed by atoms with Gasteiger partial charge in [-0.15, -0.1) is 11.8 Å². The molecule has 0 aliphatic carbocycles. The zero-order valence-electron chi connectivity index (χ0n) is 8.21. The third-order valence-corrected chi connectivity index (χ3v) is 3.34. The number of thioether (sulfide) groups is 1. The number of hydrogen-bond acceptors (Lipinski definition) is 3. The molecule has 0 heterocycles. The molecule has 84 valence electrons. The minimum Gasteiger partial charge on any atom is -0.379 e. The fourth-order valence-corrected chi connectivity index (χ4v) is 2.34. The molecular formula is C10H13Cl2NOS. The van der Waals surface area contributed by atoms with Crippen molar-refractivity contribution in [3.63, 3.8) is 0 Å². The molecule has 0 unspecified atom stereocenters. The molecule has 0 spiro atoms. The van der Waals surface area contributed by atoms with Gasteiger partial charge < -0.3 is 10.5 Å². The van der Waals surface area contributed by atoms with Crippen molar-refractivity contribution in [3.8, 4) is 0 Å². The van der Waals surface area contributed by atoms with Crippen molar-refractivity contribution in [1.82, 2.24) is 0 Å². The maximum Gasteiger partial charge on any atom is 0.0589 e. The third-order valence-electron chi connectivity index (χ3n) is 1.64. The molecule has 0 aliphatic rings. The Morgan fingerprint density at radius 1 is 1.27 bits per heavy atom. The average molecular weight is 266 g/mol. The first-order chi connectivity index (χ1) is 7.24. The molecule has 0 atom stereocenters. The van der Waals surface area contributed by atoms with Crippen LogP contribution in [0.25, 0.3) is 0 Å².